The van der Waals surface area contributed by atoms with E-state index in [4.69, 9.17) is 5.73 Å². The molecule has 0 radical (unpaired) electrons. The maximum absolute atomic E-state index is 5.96. The number of rotatable bonds is 2. The fourth-order valence-electron chi connectivity index (χ4n) is 2.93. The molecule has 0 bridgehead atoms. The van der Waals surface area contributed by atoms with Crippen molar-refractivity contribution in [2.45, 2.75) is 31.7 Å². The van der Waals surface area contributed by atoms with Crippen molar-refractivity contribution in [1.29, 1.82) is 0 Å². The standard InChI is InChI=1S/C12H25N3/c1-14-5-2-6-15(8-7-14)10-11-3-4-12(13)9-11/h11-12H,2-10,13H2,1H3. The van der Waals surface area contributed by atoms with E-state index >= 15 is 0 Å². The van der Waals surface area contributed by atoms with Crippen molar-refractivity contribution in [3.05, 3.63) is 0 Å². The van der Waals surface area contributed by atoms with Gasteiger partial charge in [-0.25, -0.2) is 0 Å². The molecule has 0 spiro atoms. The number of nitrogens with two attached hydrogens (primary N) is 1. The summed E-state index contributed by atoms with van der Waals surface area (Å²) in [6, 6.07) is 0.490. The Labute approximate surface area is 93.6 Å². The molecule has 2 aliphatic rings. The van der Waals surface area contributed by atoms with Gasteiger partial charge in [0.25, 0.3) is 0 Å². The van der Waals surface area contributed by atoms with Gasteiger partial charge >= 0.3 is 0 Å². The highest BCUT2D eigenvalue weighted by Gasteiger charge is 2.24. The van der Waals surface area contributed by atoms with Gasteiger partial charge in [0.15, 0.2) is 0 Å². The predicted octanol–water partition coefficient (Wildman–Crippen LogP) is 0.751. The molecule has 3 heteroatoms. The Bertz CT molecular complexity index is 195. The third-order valence-electron chi connectivity index (χ3n) is 3.91. The van der Waals surface area contributed by atoms with Crippen LogP contribution in [0.4, 0.5) is 0 Å². The highest BCUT2D eigenvalue weighted by molar-refractivity contribution is 4.81. The first kappa shape index (κ1) is 11.4. The molecule has 2 unspecified atom stereocenters. The van der Waals surface area contributed by atoms with Crippen LogP contribution in [-0.2, 0) is 0 Å². The molecule has 2 fully saturated rings. The zero-order valence-electron chi connectivity index (χ0n) is 9.99. The van der Waals surface area contributed by atoms with Crippen molar-refractivity contribution in [2.24, 2.45) is 11.7 Å². The van der Waals surface area contributed by atoms with Crippen molar-refractivity contribution in [3.8, 4) is 0 Å². The van der Waals surface area contributed by atoms with E-state index in [1.165, 1.54) is 58.4 Å². The van der Waals surface area contributed by atoms with E-state index in [2.05, 4.69) is 16.8 Å². The van der Waals surface area contributed by atoms with Crippen LogP contribution in [0.25, 0.3) is 0 Å². The molecule has 1 saturated carbocycles. The summed E-state index contributed by atoms with van der Waals surface area (Å²) in [6.07, 6.45) is 5.19. The average molecular weight is 211 g/mol. The topological polar surface area (TPSA) is 32.5 Å². The Morgan fingerprint density at radius 2 is 2.00 bits per heavy atom. The molecule has 15 heavy (non-hydrogen) atoms. The van der Waals surface area contributed by atoms with Crippen molar-refractivity contribution < 1.29 is 0 Å². The minimum Gasteiger partial charge on any atom is -0.328 e. The van der Waals surface area contributed by atoms with E-state index in [0.717, 1.165) is 5.92 Å². The summed E-state index contributed by atoms with van der Waals surface area (Å²) in [5.74, 6) is 0.878. The third-order valence-corrected chi connectivity index (χ3v) is 3.91. The normalized spacial score (nSPS) is 35.6. The van der Waals surface area contributed by atoms with Crippen LogP contribution in [0.2, 0.25) is 0 Å². The summed E-state index contributed by atoms with van der Waals surface area (Å²) in [7, 11) is 2.23. The number of hydrogen-bond donors (Lipinski definition) is 1. The van der Waals surface area contributed by atoms with E-state index in [0.29, 0.717) is 6.04 Å². The maximum Gasteiger partial charge on any atom is 0.0109 e. The van der Waals surface area contributed by atoms with E-state index in [9.17, 15) is 0 Å². The summed E-state index contributed by atoms with van der Waals surface area (Å²) in [5, 5.41) is 0. The Hall–Kier alpha value is -0.120. The SMILES string of the molecule is CN1CCCN(CC2CCC(N)C2)CC1. The first-order valence-corrected chi connectivity index (χ1v) is 6.40. The van der Waals surface area contributed by atoms with Crippen LogP contribution < -0.4 is 5.73 Å². The molecular weight excluding hydrogens is 186 g/mol. The molecule has 1 aliphatic carbocycles. The van der Waals surface area contributed by atoms with Crippen LogP contribution in [0.1, 0.15) is 25.7 Å². The second-order valence-electron chi connectivity index (χ2n) is 5.40. The van der Waals surface area contributed by atoms with E-state index in [1.54, 1.807) is 0 Å². The quantitative estimate of drug-likeness (QED) is 0.731. The molecule has 0 aromatic carbocycles. The third kappa shape index (κ3) is 3.44. The van der Waals surface area contributed by atoms with Gasteiger partial charge in [0.05, 0.1) is 0 Å². The molecule has 0 aromatic rings. The molecule has 2 rings (SSSR count). The van der Waals surface area contributed by atoms with Crippen molar-refractivity contribution >= 4 is 0 Å². The molecule has 88 valence electrons. The smallest absolute Gasteiger partial charge is 0.0109 e. The zero-order chi connectivity index (χ0) is 10.7. The molecule has 2 N–H and O–H groups in total. The van der Waals surface area contributed by atoms with E-state index < -0.39 is 0 Å². The monoisotopic (exact) mass is 211 g/mol. The van der Waals surface area contributed by atoms with E-state index in [1.807, 2.05) is 0 Å². The van der Waals surface area contributed by atoms with Crippen LogP contribution >= 0.6 is 0 Å². The molecular formula is C12H25N3. The van der Waals surface area contributed by atoms with Crippen LogP contribution in [0.3, 0.4) is 0 Å². The van der Waals surface area contributed by atoms with Gasteiger partial charge in [-0.2, -0.15) is 0 Å². The molecule has 3 nitrogen and oxygen atoms in total. The second-order valence-corrected chi connectivity index (χ2v) is 5.40. The molecule has 2 atom stereocenters. The zero-order valence-corrected chi connectivity index (χ0v) is 9.99. The highest BCUT2D eigenvalue weighted by atomic mass is 15.2. The summed E-state index contributed by atoms with van der Waals surface area (Å²) in [6.45, 7) is 6.33. The lowest BCUT2D eigenvalue weighted by molar-refractivity contribution is 0.236. The van der Waals surface area contributed by atoms with Gasteiger partial charge in [-0.05, 0) is 51.7 Å². The summed E-state index contributed by atoms with van der Waals surface area (Å²) < 4.78 is 0. The minimum absolute atomic E-state index is 0.490. The number of likely N-dealkylation sites (N-methyl/N-ethyl adjacent to an activating group) is 1. The summed E-state index contributed by atoms with van der Waals surface area (Å²) >= 11 is 0. The van der Waals surface area contributed by atoms with Crippen LogP contribution in [0, 0.1) is 5.92 Å². The lowest BCUT2D eigenvalue weighted by atomic mass is 10.1. The first-order chi connectivity index (χ1) is 7.24. The summed E-state index contributed by atoms with van der Waals surface area (Å²) in [5.41, 5.74) is 5.96. The van der Waals surface area contributed by atoms with Gasteiger partial charge in [0, 0.05) is 25.7 Å². The van der Waals surface area contributed by atoms with E-state index in [-0.39, 0.29) is 0 Å². The van der Waals surface area contributed by atoms with Gasteiger partial charge in [-0.15, -0.1) is 0 Å². The fourth-order valence-corrected chi connectivity index (χ4v) is 2.93. The van der Waals surface area contributed by atoms with Crippen molar-refractivity contribution in [3.63, 3.8) is 0 Å². The van der Waals surface area contributed by atoms with Gasteiger partial charge in [0.2, 0.25) is 0 Å². The average Bonchev–Trinajstić information content (AvgIpc) is 2.48. The highest BCUT2D eigenvalue weighted by Crippen LogP contribution is 2.25. The molecule has 1 saturated heterocycles. The Kier molecular flexibility index (Phi) is 4.00. The number of nitrogens with zero attached hydrogens (tertiary/aromatic N) is 2. The molecule has 1 aliphatic heterocycles. The van der Waals surface area contributed by atoms with Crippen LogP contribution in [0.5, 0.6) is 0 Å². The largest absolute Gasteiger partial charge is 0.328 e. The first-order valence-electron chi connectivity index (χ1n) is 6.40. The second kappa shape index (κ2) is 5.28. The lowest BCUT2D eigenvalue weighted by Gasteiger charge is -2.23. The number of hydrogen-bond acceptors (Lipinski definition) is 3. The lowest BCUT2D eigenvalue weighted by Crippen LogP contribution is -2.33. The van der Waals surface area contributed by atoms with Crippen molar-refractivity contribution in [1.82, 2.24) is 9.80 Å². The van der Waals surface area contributed by atoms with Gasteiger partial charge in [-0.1, -0.05) is 0 Å². The van der Waals surface area contributed by atoms with Gasteiger partial charge in [-0.3, -0.25) is 0 Å². The van der Waals surface area contributed by atoms with Gasteiger partial charge in [0.1, 0.15) is 0 Å². The van der Waals surface area contributed by atoms with Crippen molar-refractivity contribution in [2.75, 3.05) is 39.8 Å². The summed E-state index contributed by atoms with van der Waals surface area (Å²) in [4.78, 5) is 5.09. The Morgan fingerprint density at radius 3 is 2.73 bits per heavy atom. The van der Waals surface area contributed by atoms with Crippen LogP contribution in [-0.4, -0.2) is 55.6 Å². The Balaban J connectivity index is 1.74. The van der Waals surface area contributed by atoms with Crippen LogP contribution in [0.15, 0.2) is 0 Å². The molecule has 0 amide bonds. The molecule has 1 heterocycles. The Morgan fingerprint density at radius 1 is 1.13 bits per heavy atom. The van der Waals surface area contributed by atoms with Gasteiger partial charge < -0.3 is 15.5 Å². The molecule has 0 aromatic heterocycles. The predicted molar refractivity (Wildman–Crippen MR) is 63.9 cm³/mol. The maximum atomic E-state index is 5.96. The minimum atomic E-state index is 0.490. The fraction of sp³-hybridized carbons (Fsp3) is 1.00.